The van der Waals surface area contributed by atoms with Gasteiger partial charge in [0.25, 0.3) is 5.91 Å². The molecule has 1 aromatic rings. The van der Waals surface area contributed by atoms with Gasteiger partial charge in [0.1, 0.15) is 11.1 Å². The number of carbonyl (C=O) groups is 1. The molecular formula is C19H28N3OS+. The highest BCUT2D eigenvalue weighted by molar-refractivity contribution is 7.16. The van der Waals surface area contributed by atoms with Crippen LogP contribution in [-0.4, -0.2) is 25.5 Å². The maximum absolute atomic E-state index is 12.3. The van der Waals surface area contributed by atoms with Crippen LogP contribution in [0.25, 0.3) is 0 Å². The molecule has 2 N–H and O–H groups in total. The molecule has 4 nitrogen and oxygen atoms in total. The number of anilines is 1. The molecule has 1 aliphatic carbocycles. The zero-order valence-corrected chi connectivity index (χ0v) is 15.8. The van der Waals surface area contributed by atoms with E-state index in [-0.39, 0.29) is 11.3 Å². The molecule has 1 saturated heterocycles. The highest BCUT2D eigenvalue weighted by Crippen LogP contribution is 2.43. The standard InChI is InChI=1S/C19H27N3OS/c1-19(2,3)13-6-7-14-15(11-20)18(24-16(14)10-13)21-17(23)12-22-8-4-5-9-22/h13H,4-10,12H2,1-3H3,(H,21,23)/p+1/t13-/m1/s1. The number of quaternary nitrogens is 1. The molecule has 1 aliphatic heterocycles. The monoisotopic (exact) mass is 346 g/mol. The zero-order chi connectivity index (χ0) is 17.3. The minimum atomic E-state index is 0.0503. The van der Waals surface area contributed by atoms with E-state index in [9.17, 15) is 10.1 Å². The normalized spacial score (nSPS) is 21.3. The molecule has 1 fully saturated rings. The summed E-state index contributed by atoms with van der Waals surface area (Å²) >= 11 is 1.63. The molecule has 3 rings (SSSR count). The van der Waals surface area contributed by atoms with Gasteiger partial charge in [-0.25, -0.2) is 0 Å². The zero-order valence-electron chi connectivity index (χ0n) is 15.0. The van der Waals surface area contributed by atoms with Crippen LogP contribution in [0.1, 0.15) is 56.0 Å². The van der Waals surface area contributed by atoms with Crippen LogP contribution in [0.15, 0.2) is 0 Å². The summed E-state index contributed by atoms with van der Waals surface area (Å²) in [5.41, 5.74) is 2.19. The lowest BCUT2D eigenvalue weighted by Gasteiger charge is -2.33. The number of fused-ring (bicyclic) bond motifs is 1. The molecule has 1 amide bonds. The molecular weight excluding hydrogens is 318 g/mol. The predicted molar refractivity (Wildman–Crippen MR) is 97.4 cm³/mol. The van der Waals surface area contributed by atoms with Gasteiger partial charge in [-0.15, -0.1) is 11.3 Å². The Morgan fingerprint density at radius 3 is 2.71 bits per heavy atom. The van der Waals surface area contributed by atoms with Crippen molar-refractivity contribution in [3.8, 4) is 6.07 Å². The minimum Gasteiger partial charge on any atom is -0.327 e. The molecule has 5 heteroatoms. The van der Waals surface area contributed by atoms with Gasteiger partial charge >= 0.3 is 0 Å². The third-order valence-corrected chi connectivity index (χ3v) is 6.75. The van der Waals surface area contributed by atoms with E-state index in [1.807, 2.05) is 0 Å². The molecule has 2 heterocycles. The van der Waals surface area contributed by atoms with Crippen molar-refractivity contribution < 1.29 is 9.69 Å². The van der Waals surface area contributed by atoms with Crippen molar-refractivity contribution in [3.63, 3.8) is 0 Å². The van der Waals surface area contributed by atoms with Crippen molar-refractivity contribution in [2.24, 2.45) is 11.3 Å². The third-order valence-electron chi connectivity index (χ3n) is 5.58. The average Bonchev–Trinajstić information content (AvgIpc) is 3.12. The SMILES string of the molecule is CC(C)(C)[C@@H]1CCc2c(sc(NC(=O)C[NH+]3CCCC3)c2C#N)C1. The average molecular weight is 347 g/mol. The first-order valence-electron chi connectivity index (χ1n) is 9.06. The first-order chi connectivity index (χ1) is 11.4. The van der Waals surface area contributed by atoms with Gasteiger partial charge < -0.3 is 10.2 Å². The minimum absolute atomic E-state index is 0.0503. The van der Waals surface area contributed by atoms with Gasteiger partial charge in [0.2, 0.25) is 0 Å². The second-order valence-corrected chi connectivity index (χ2v) is 9.41. The van der Waals surface area contributed by atoms with Gasteiger partial charge in [-0.3, -0.25) is 4.79 Å². The fraction of sp³-hybridized carbons (Fsp3) is 0.684. The van der Waals surface area contributed by atoms with Crippen LogP contribution < -0.4 is 10.2 Å². The van der Waals surface area contributed by atoms with Crippen molar-refractivity contribution in [2.75, 3.05) is 25.0 Å². The van der Waals surface area contributed by atoms with Crippen LogP contribution in [0.3, 0.4) is 0 Å². The molecule has 2 aliphatic rings. The van der Waals surface area contributed by atoms with Crippen LogP contribution in [0.2, 0.25) is 0 Å². The number of nitrogens with one attached hydrogen (secondary N) is 2. The summed E-state index contributed by atoms with van der Waals surface area (Å²) in [6.07, 6.45) is 5.56. The maximum Gasteiger partial charge on any atom is 0.280 e. The van der Waals surface area contributed by atoms with Gasteiger partial charge in [-0.2, -0.15) is 5.26 Å². The summed E-state index contributed by atoms with van der Waals surface area (Å²) < 4.78 is 0. The number of nitriles is 1. The summed E-state index contributed by atoms with van der Waals surface area (Å²) in [4.78, 5) is 15.0. The quantitative estimate of drug-likeness (QED) is 0.883. The van der Waals surface area contributed by atoms with E-state index in [4.69, 9.17) is 0 Å². The van der Waals surface area contributed by atoms with Crippen LogP contribution in [0.4, 0.5) is 5.00 Å². The van der Waals surface area contributed by atoms with E-state index in [1.165, 1.54) is 28.2 Å². The molecule has 1 atom stereocenters. The number of likely N-dealkylation sites (tertiary alicyclic amines) is 1. The Kier molecular flexibility index (Phi) is 4.98. The van der Waals surface area contributed by atoms with Crippen LogP contribution in [0.5, 0.6) is 0 Å². The topological polar surface area (TPSA) is 57.3 Å². The van der Waals surface area contributed by atoms with Crippen LogP contribution in [-0.2, 0) is 17.6 Å². The fourth-order valence-electron chi connectivity index (χ4n) is 3.98. The summed E-state index contributed by atoms with van der Waals surface area (Å²) in [5.74, 6) is 0.696. The molecule has 0 unspecified atom stereocenters. The van der Waals surface area contributed by atoms with Crippen molar-refractivity contribution in [3.05, 3.63) is 16.0 Å². The van der Waals surface area contributed by atoms with Gasteiger partial charge in [0.15, 0.2) is 6.54 Å². The molecule has 24 heavy (non-hydrogen) atoms. The molecule has 0 spiro atoms. The Morgan fingerprint density at radius 1 is 1.38 bits per heavy atom. The predicted octanol–water partition coefficient (Wildman–Crippen LogP) is 2.39. The number of thiophene rings is 1. The van der Waals surface area contributed by atoms with E-state index in [2.05, 4.69) is 32.2 Å². The Bertz CT molecular complexity index is 659. The Morgan fingerprint density at radius 2 is 2.08 bits per heavy atom. The molecule has 130 valence electrons. The first kappa shape index (κ1) is 17.4. The lowest BCUT2D eigenvalue weighted by atomic mass is 9.72. The van der Waals surface area contributed by atoms with Gasteiger partial charge in [-0.05, 0) is 36.2 Å². The summed E-state index contributed by atoms with van der Waals surface area (Å²) in [5, 5.41) is 13.4. The first-order valence-corrected chi connectivity index (χ1v) is 9.88. The molecule has 0 saturated carbocycles. The van der Waals surface area contributed by atoms with E-state index in [0.29, 0.717) is 18.0 Å². The van der Waals surface area contributed by atoms with Crippen molar-refractivity contribution in [1.82, 2.24) is 0 Å². The number of carbonyl (C=O) groups excluding carboxylic acids is 1. The smallest absolute Gasteiger partial charge is 0.280 e. The van der Waals surface area contributed by atoms with Crippen LogP contribution >= 0.6 is 11.3 Å². The maximum atomic E-state index is 12.3. The lowest BCUT2D eigenvalue weighted by Crippen LogP contribution is -3.11. The summed E-state index contributed by atoms with van der Waals surface area (Å²) in [6.45, 7) is 9.59. The van der Waals surface area contributed by atoms with Crippen molar-refractivity contribution in [1.29, 1.82) is 5.26 Å². The highest BCUT2D eigenvalue weighted by atomic mass is 32.1. The van der Waals surface area contributed by atoms with Gasteiger partial charge in [0, 0.05) is 17.7 Å². The van der Waals surface area contributed by atoms with Gasteiger partial charge in [-0.1, -0.05) is 20.8 Å². The molecule has 0 aromatic carbocycles. The fourth-order valence-corrected chi connectivity index (χ4v) is 5.28. The number of rotatable bonds is 3. The van der Waals surface area contributed by atoms with Gasteiger partial charge in [0.05, 0.1) is 18.7 Å². The highest BCUT2D eigenvalue weighted by Gasteiger charge is 2.32. The van der Waals surface area contributed by atoms with E-state index in [1.54, 1.807) is 11.3 Å². The number of amides is 1. The van der Waals surface area contributed by atoms with Crippen molar-refractivity contribution >= 4 is 22.2 Å². The Balaban J connectivity index is 1.74. The number of nitrogens with zero attached hydrogens (tertiary/aromatic N) is 1. The second kappa shape index (κ2) is 6.85. The molecule has 0 bridgehead atoms. The van der Waals surface area contributed by atoms with Crippen molar-refractivity contribution in [2.45, 2.75) is 52.9 Å². The number of hydrogen-bond donors (Lipinski definition) is 2. The Labute approximate surface area is 148 Å². The Hall–Kier alpha value is -1.38. The van der Waals surface area contributed by atoms with Crippen LogP contribution in [0, 0.1) is 22.7 Å². The summed E-state index contributed by atoms with van der Waals surface area (Å²) in [7, 11) is 0. The third kappa shape index (κ3) is 3.65. The van der Waals surface area contributed by atoms with E-state index >= 15 is 0 Å². The van der Waals surface area contributed by atoms with E-state index in [0.717, 1.165) is 37.4 Å². The second-order valence-electron chi connectivity index (χ2n) is 8.31. The lowest BCUT2D eigenvalue weighted by molar-refractivity contribution is -0.878. The van der Waals surface area contributed by atoms with E-state index < -0.39 is 0 Å². The largest absolute Gasteiger partial charge is 0.327 e. The number of hydrogen-bond acceptors (Lipinski definition) is 3. The molecule has 0 radical (unpaired) electrons. The summed E-state index contributed by atoms with van der Waals surface area (Å²) in [6, 6.07) is 2.35. The molecule has 1 aromatic heterocycles.